The van der Waals surface area contributed by atoms with Gasteiger partial charge in [0, 0.05) is 11.4 Å². The number of rotatable bonds is 4. The summed E-state index contributed by atoms with van der Waals surface area (Å²) in [6.07, 6.45) is 1.81. The second kappa shape index (κ2) is 4.96. The molecule has 0 aromatic carbocycles. The summed E-state index contributed by atoms with van der Waals surface area (Å²) in [5.41, 5.74) is 0. The van der Waals surface area contributed by atoms with E-state index in [-0.39, 0.29) is 11.9 Å². The third-order valence-corrected chi connectivity index (χ3v) is 3.73. The molecule has 1 amide bonds. The number of nitrogens with one attached hydrogen (secondary N) is 2. The molecule has 2 heterocycles. The molecule has 0 unspecified atom stereocenters. The van der Waals surface area contributed by atoms with Crippen molar-refractivity contribution in [2.24, 2.45) is 0 Å². The van der Waals surface area contributed by atoms with Crippen molar-refractivity contribution >= 4 is 28.8 Å². The molecule has 1 aliphatic rings. The summed E-state index contributed by atoms with van der Waals surface area (Å²) in [4.78, 5) is 12.6. The Morgan fingerprint density at radius 2 is 2.47 bits per heavy atom. The zero-order valence-electron chi connectivity index (χ0n) is 8.25. The van der Waals surface area contributed by atoms with E-state index >= 15 is 0 Å². The van der Waals surface area contributed by atoms with Gasteiger partial charge in [-0.1, -0.05) is 11.6 Å². The molecule has 1 aromatic rings. The van der Waals surface area contributed by atoms with Crippen LogP contribution in [0.2, 0.25) is 4.34 Å². The first-order valence-corrected chi connectivity index (χ1v) is 6.20. The molecule has 2 rings (SSSR count). The van der Waals surface area contributed by atoms with Gasteiger partial charge in [-0.25, -0.2) is 0 Å². The maximum absolute atomic E-state index is 11.4. The van der Waals surface area contributed by atoms with E-state index in [0.717, 1.165) is 23.7 Å². The predicted molar refractivity (Wildman–Crippen MR) is 62.5 cm³/mol. The van der Waals surface area contributed by atoms with E-state index in [9.17, 15) is 4.79 Å². The summed E-state index contributed by atoms with van der Waals surface area (Å²) in [6.45, 7) is 1.65. The first-order chi connectivity index (χ1) is 7.25. The van der Waals surface area contributed by atoms with Crippen LogP contribution in [0.25, 0.3) is 0 Å². The van der Waals surface area contributed by atoms with Crippen LogP contribution in [0.1, 0.15) is 11.3 Å². The van der Waals surface area contributed by atoms with Gasteiger partial charge in [-0.15, -0.1) is 11.3 Å². The van der Waals surface area contributed by atoms with Crippen molar-refractivity contribution in [3.8, 4) is 0 Å². The van der Waals surface area contributed by atoms with E-state index in [1.54, 1.807) is 11.3 Å². The summed E-state index contributed by atoms with van der Waals surface area (Å²) in [6, 6.07) is 3.93. The molecule has 1 atom stereocenters. The second-order valence-corrected chi connectivity index (χ2v) is 5.34. The van der Waals surface area contributed by atoms with Crippen LogP contribution in [0.15, 0.2) is 12.1 Å². The highest BCUT2D eigenvalue weighted by Crippen LogP contribution is 2.21. The summed E-state index contributed by atoms with van der Waals surface area (Å²) in [5.74, 6) is 0.115. The summed E-state index contributed by atoms with van der Waals surface area (Å²) in [5, 5.41) is 5.97. The zero-order chi connectivity index (χ0) is 10.7. The molecular formula is C10H13ClN2OS. The molecule has 0 aliphatic carbocycles. The Kier molecular flexibility index (Phi) is 3.61. The van der Waals surface area contributed by atoms with Gasteiger partial charge in [0.1, 0.15) is 0 Å². The Hall–Kier alpha value is -0.580. The van der Waals surface area contributed by atoms with E-state index in [2.05, 4.69) is 10.6 Å². The summed E-state index contributed by atoms with van der Waals surface area (Å²) < 4.78 is 0.803. The van der Waals surface area contributed by atoms with E-state index in [1.807, 2.05) is 12.1 Å². The molecule has 1 aliphatic heterocycles. The number of amides is 1. The lowest BCUT2D eigenvalue weighted by Gasteiger charge is -2.26. The second-order valence-electron chi connectivity index (χ2n) is 3.54. The zero-order valence-corrected chi connectivity index (χ0v) is 9.83. The average molecular weight is 245 g/mol. The van der Waals surface area contributed by atoms with Crippen LogP contribution < -0.4 is 10.6 Å². The van der Waals surface area contributed by atoms with Gasteiger partial charge in [0.25, 0.3) is 0 Å². The third-order valence-electron chi connectivity index (χ3n) is 2.44. The van der Waals surface area contributed by atoms with Gasteiger partial charge in [0.2, 0.25) is 5.91 Å². The summed E-state index contributed by atoms with van der Waals surface area (Å²) in [7, 11) is 0. The number of halogens is 1. The molecule has 3 nitrogen and oxygen atoms in total. The topological polar surface area (TPSA) is 41.1 Å². The molecule has 0 radical (unpaired) electrons. The Bertz CT molecular complexity index is 349. The van der Waals surface area contributed by atoms with Crippen LogP contribution >= 0.6 is 22.9 Å². The quantitative estimate of drug-likeness (QED) is 0.841. The van der Waals surface area contributed by atoms with Crippen molar-refractivity contribution in [3.05, 3.63) is 21.3 Å². The van der Waals surface area contributed by atoms with Crippen molar-refractivity contribution in [1.82, 2.24) is 10.6 Å². The van der Waals surface area contributed by atoms with Crippen LogP contribution in [0.4, 0.5) is 0 Å². The number of carbonyl (C=O) groups is 1. The first kappa shape index (κ1) is 10.9. The maximum Gasteiger partial charge on any atom is 0.237 e. The molecule has 2 N–H and O–H groups in total. The minimum Gasteiger partial charge on any atom is -0.354 e. The van der Waals surface area contributed by atoms with Gasteiger partial charge in [-0.05, 0) is 31.5 Å². The fraction of sp³-hybridized carbons (Fsp3) is 0.500. The van der Waals surface area contributed by atoms with Gasteiger partial charge < -0.3 is 10.6 Å². The fourth-order valence-electron chi connectivity index (χ4n) is 1.43. The molecule has 82 valence electrons. The average Bonchev–Trinajstić information content (AvgIpc) is 2.48. The van der Waals surface area contributed by atoms with Crippen molar-refractivity contribution in [3.63, 3.8) is 0 Å². The lowest BCUT2D eigenvalue weighted by molar-refractivity contribution is -0.124. The standard InChI is InChI=1S/C10H13ClN2OS/c11-9-2-1-7(15-9)3-5-13-10(14)8-4-6-12-8/h1-2,8,12H,3-6H2,(H,13,14)/t8-/m1/s1. The van der Waals surface area contributed by atoms with Gasteiger partial charge in [0.15, 0.2) is 0 Å². The Morgan fingerprint density at radius 3 is 3.00 bits per heavy atom. The highest BCUT2D eigenvalue weighted by molar-refractivity contribution is 7.16. The lowest BCUT2D eigenvalue weighted by Crippen LogP contribution is -2.53. The Morgan fingerprint density at radius 1 is 1.67 bits per heavy atom. The largest absolute Gasteiger partial charge is 0.354 e. The van der Waals surface area contributed by atoms with Crippen molar-refractivity contribution in [1.29, 1.82) is 0 Å². The normalized spacial score (nSPS) is 19.7. The van der Waals surface area contributed by atoms with E-state index in [4.69, 9.17) is 11.6 Å². The van der Waals surface area contributed by atoms with E-state index in [0.29, 0.717) is 6.54 Å². The molecule has 1 fully saturated rings. The van der Waals surface area contributed by atoms with Gasteiger partial charge in [0.05, 0.1) is 10.4 Å². The highest BCUT2D eigenvalue weighted by Gasteiger charge is 2.23. The number of carbonyl (C=O) groups excluding carboxylic acids is 1. The molecule has 5 heteroatoms. The van der Waals surface area contributed by atoms with Gasteiger partial charge in [-0.2, -0.15) is 0 Å². The molecule has 0 spiro atoms. The minimum absolute atomic E-state index is 0.0388. The van der Waals surface area contributed by atoms with Gasteiger partial charge >= 0.3 is 0 Å². The minimum atomic E-state index is 0.0388. The van der Waals surface area contributed by atoms with Crippen LogP contribution in [-0.2, 0) is 11.2 Å². The molecule has 1 aromatic heterocycles. The Labute approximate surface area is 97.8 Å². The summed E-state index contributed by atoms with van der Waals surface area (Å²) >= 11 is 7.37. The highest BCUT2D eigenvalue weighted by atomic mass is 35.5. The van der Waals surface area contributed by atoms with Crippen LogP contribution in [0.5, 0.6) is 0 Å². The van der Waals surface area contributed by atoms with Crippen LogP contribution in [-0.4, -0.2) is 25.0 Å². The predicted octanol–water partition coefficient (Wildman–Crippen LogP) is 1.42. The monoisotopic (exact) mass is 244 g/mol. The third kappa shape index (κ3) is 2.93. The first-order valence-electron chi connectivity index (χ1n) is 5.01. The molecule has 1 saturated heterocycles. The lowest BCUT2D eigenvalue weighted by atomic mass is 10.1. The Balaban J connectivity index is 1.68. The van der Waals surface area contributed by atoms with Crippen LogP contribution in [0.3, 0.4) is 0 Å². The SMILES string of the molecule is O=C(NCCc1ccc(Cl)s1)[C@H]1CCN1. The molecular weight excluding hydrogens is 232 g/mol. The maximum atomic E-state index is 11.4. The number of hydrogen-bond donors (Lipinski definition) is 2. The number of hydrogen-bond acceptors (Lipinski definition) is 3. The van der Waals surface area contributed by atoms with E-state index < -0.39 is 0 Å². The van der Waals surface area contributed by atoms with E-state index in [1.165, 1.54) is 4.88 Å². The molecule has 0 bridgehead atoms. The fourth-order valence-corrected chi connectivity index (χ4v) is 2.52. The van der Waals surface area contributed by atoms with Gasteiger partial charge in [-0.3, -0.25) is 4.79 Å². The van der Waals surface area contributed by atoms with Crippen molar-refractivity contribution < 1.29 is 4.79 Å². The van der Waals surface area contributed by atoms with Crippen molar-refractivity contribution in [2.75, 3.05) is 13.1 Å². The molecule has 0 saturated carbocycles. The van der Waals surface area contributed by atoms with Crippen LogP contribution in [0, 0.1) is 0 Å². The number of thiophene rings is 1. The van der Waals surface area contributed by atoms with Crippen molar-refractivity contribution in [2.45, 2.75) is 18.9 Å². The smallest absolute Gasteiger partial charge is 0.237 e. The molecule has 15 heavy (non-hydrogen) atoms.